The largest absolute Gasteiger partial charge is 0.494 e. The topological polar surface area (TPSA) is 69.0 Å². The monoisotopic (exact) mass is 350 g/mol. The second-order valence-electron chi connectivity index (χ2n) is 6.04. The van der Waals surface area contributed by atoms with Crippen molar-refractivity contribution in [2.75, 3.05) is 6.61 Å². The number of carbonyl (C=O) groups is 1. The maximum absolute atomic E-state index is 12.5. The summed E-state index contributed by atoms with van der Waals surface area (Å²) in [6.07, 6.45) is 0. The summed E-state index contributed by atoms with van der Waals surface area (Å²) in [7, 11) is 0. The second-order valence-corrected chi connectivity index (χ2v) is 6.04. The van der Waals surface area contributed by atoms with Crippen molar-refractivity contribution in [1.29, 1.82) is 0 Å². The number of carbonyl (C=O) groups excluding carboxylic acids is 1. The molecule has 1 aromatic heterocycles. The van der Waals surface area contributed by atoms with Crippen LogP contribution in [-0.4, -0.2) is 27.5 Å². The van der Waals surface area contributed by atoms with E-state index in [9.17, 15) is 4.79 Å². The van der Waals surface area contributed by atoms with Crippen LogP contribution < -0.4 is 10.1 Å². The molecular formula is C20H22N4O2. The molecule has 26 heavy (non-hydrogen) atoms. The molecule has 0 aliphatic rings. The molecule has 0 saturated heterocycles. The van der Waals surface area contributed by atoms with Gasteiger partial charge in [-0.1, -0.05) is 29.5 Å². The number of aromatic nitrogens is 3. The van der Waals surface area contributed by atoms with Gasteiger partial charge in [0.05, 0.1) is 18.0 Å². The predicted octanol–water partition coefficient (Wildman–Crippen LogP) is 3.21. The third kappa shape index (κ3) is 3.91. The lowest BCUT2D eigenvalue weighted by Gasteiger charge is -2.08. The van der Waals surface area contributed by atoms with E-state index >= 15 is 0 Å². The van der Waals surface area contributed by atoms with Crippen LogP contribution >= 0.6 is 0 Å². The smallest absolute Gasteiger partial charge is 0.274 e. The number of amides is 1. The van der Waals surface area contributed by atoms with Crippen LogP contribution in [0, 0.1) is 13.8 Å². The molecule has 0 aliphatic heterocycles. The fourth-order valence-electron chi connectivity index (χ4n) is 2.72. The summed E-state index contributed by atoms with van der Waals surface area (Å²) in [6.45, 7) is 6.80. The van der Waals surface area contributed by atoms with Gasteiger partial charge in [-0.15, -0.1) is 5.10 Å². The van der Waals surface area contributed by atoms with Crippen molar-refractivity contribution in [2.24, 2.45) is 0 Å². The first-order valence-electron chi connectivity index (χ1n) is 8.57. The zero-order valence-electron chi connectivity index (χ0n) is 15.2. The van der Waals surface area contributed by atoms with Gasteiger partial charge in [-0.3, -0.25) is 4.79 Å². The lowest BCUT2D eigenvalue weighted by atomic mass is 10.2. The number of benzene rings is 2. The molecular weight excluding hydrogens is 328 g/mol. The minimum absolute atomic E-state index is 0.247. The van der Waals surface area contributed by atoms with Gasteiger partial charge in [0.15, 0.2) is 5.69 Å². The normalized spacial score (nSPS) is 10.6. The number of aryl methyl sites for hydroxylation is 1. The van der Waals surface area contributed by atoms with Crippen LogP contribution in [-0.2, 0) is 6.54 Å². The zero-order valence-corrected chi connectivity index (χ0v) is 15.2. The summed E-state index contributed by atoms with van der Waals surface area (Å²) < 4.78 is 7.16. The van der Waals surface area contributed by atoms with Crippen molar-refractivity contribution < 1.29 is 9.53 Å². The molecule has 134 valence electrons. The highest BCUT2D eigenvalue weighted by molar-refractivity contribution is 5.93. The Labute approximate surface area is 152 Å². The minimum atomic E-state index is -0.247. The highest BCUT2D eigenvalue weighted by atomic mass is 16.5. The molecule has 0 saturated carbocycles. The number of hydrogen-bond acceptors (Lipinski definition) is 4. The highest BCUT2D eigenvalue weighted by Gasteiger charge is 2.17. The van der Waals surface area contributed by atoms with E-state index in [1.807, 2.05) is 69.3 Å². The number of rotatable bonds is 6. The molecule has 0 bridgehead atoms. The molecule has 6 heteroatoms. The van der Waals surface area contributed by atoms with Gasteiger partial charge in [0.1, 0.15) is 5.75 Å². The van der Waals surface area contributed by atoms with Gasteiger partial charge < -0.3 is 10.1 Å². The Morgan fingerprint density at radius 1 is 1.15 bits per heavy atom. The van der Waals surface area contributed by atoms with E-state index in [2.05, 4.69) is 15.6 Å². The van der Waals surface area contributed by atoms with Crippen LogP contribution in [0.15, 0.2) is 48.5 Å². The van der Waals surface area contributed by atoms with Crippen LogP contribution in [0.25, 0.3) is 5.69 Å². The lowest BCUT2D eigenvalue weighted by molar-refractivity contribution is 0.0945. The fraction of sp³-hybridized carbons (Fsp3) is 0.250. The Hall–Kier alpha value is -3.15. The minimum Gasteiger partial charge on any atom is -0.494 e. The standard InChI is InChI=1S/C20H22N4O2/c1-4-26-18-10-6-8-16(12-18)13-21-20(25)19-15(3)24(23-22-19)17-9-5-7-14(2)11-17/h5-12H,4,13H2,1-3H3,(H,21,25). The first-order valence-corrected chi connectivity index (χ1v) is 8.57. The number of nitrogens with zero attached hydrogens (tertiary/aromatic N) is 3. The van der Waals surface area contributed by atoms with Crippen LogP contribution in [0.2, 0.25) is 0 Å². The maximum Gasteiger partial charge on any atom is 0.274 e. The molecule has 0 atom stereocenters. The molecule has 1 heterocycles. The quantitative estimate of drug-likeness (QED) is 0.741. The number of hydrogen-bond donors (Lipinski definition) is 1. The Kier molecular flexibility index (Phi) is 5.31. The third-order valence-corrected chi connectivity index (χ3v) is 4.02. The van der Waals surface area contributed by atoms with Crippen molar-refractivity contribution in [3.05, 3.63) is 71.0 Å². The van der Waals surface area contributed by atoms with Crippen LogP contribution in [0.1, 0.15) is 34.2 Å². The summed E-state index contributed by atoms with van der Waals surface area (Å²) in [5, 5.41) is 11.1. The summed E-state index contributed by atoms with van der Waals surface area (Å²) in [6, 6.07) is 15.6. The van der Waals surface area contributed by atoms with Gasteiger partial charge in [0.2, 0.25) is 0 Å². The van der Waals surface area contributed by atoms with Crippen molar-refractivity contribution in [3.8, 4) is 11.4 Å². The molecule has 6 nitrogen and oxygen atoms in total. The summed E-state index contributed by atoms with van der Waals surface area (Å²) in [5.41, 5.74) is 4.01. The van der Waals surface area contributed by atoms with E-state index in [0.29, 0.717) is 24.5 Å². The molecule has 3 rings (SSSR count). The summed E-state index contributed by atoms with van der Waals surface area (Å²) in [4.78, 5) is 12.5. The van der Waals surface area contributed by atoms with Gasteiger partial charge in [-0.25, -0.2) is 4.68 Å². The van der Waals surface area contributed by atoms with Crippen molar-refractivity contribution in [2.45, 2.75) is 27.3 Å². The SMILES string of the molecule is CCOc1cccc(CNC(=O)c2nnn(-c3cccc(C)c3)c2C)c1. The average molecular weight is 350 g/mol. The van der Waals surface area contributed by atoms with Crippen LogP contribution in [0.3, 0.4) is 0 Å². The molecule has 0 unspecified atom stereocenters. The molecule has 3 aromatic rings. The average Bonchev–Trinajstić information content (AvgIpc) is 3.02. The van der Waals surface area contributed by atoms with E-state index in [4.69, 9.17) is 4.74 Å². The first kappa shape index (κ1) is 17.7. The molecule has 0 aliphatic carbocycles. The third-order valence-electron chi connectivity index (χ3n) is 4.02. The van der Waals surface area contributed by atoms with Gasteiger partial charge in [0.25, 0.3) is 5.91 Å². The van der Waals surface area contributed by atoms with Gasteiger partial charge in [0, 0.05) is 6.54 Å². The van der Waals surface area contributed by atoms with Crippen molar-refractivity contribution >= 4 is 5.91 Å². The Bertz CT molecular complexity index is 918. The zero-order chi connectivity index (χ0) is 18.5. The Morgan fingerprint density at radius 3 is 2.73 bits per heavy atom. The van der Waals surface area contributed by atoms with E-state index in [0.717, 1.165) is 22.6 Å². The van der Waals surface area contributed by atoms with Gasteiger partial charge >= 0.3 is 0 Å². The molecule has 0 radical (unpaired) electrons. The molecule has 2 aromatic carbocycles. The van der Waals surface area contributed by atoms with E-state index < -0.39 is 0 Å². The van der Waals surface area contributed by atoms with Crippen molar-refractivity contribution in [3.63, 3.8) is 0 Å². The predicted molar refractivity (Wildman–Crippen MR) is 99.6 cm³/mol. The number of nitrogens with one attached hydrogen (secondary N) is 1. The fourth-order valence-corrected chi connectivity index (χ4v) is 2.72. The van der Waals surface area contributed by atoms with Gasteiger partial charge in [-0.2, -0.15) is 0 Å². The molecule has 0 spiro atoms. The van der Waals surface area contributed by atoms with Crippen LogP contribution in [0.5, 0.6) is 5.75 Å². The van der Waals surface area contributed by atoms with Crippen molar-refractivity contribution in [1.82, 2.24) is 20.3 Å². The van der Waals surface area contributed by atoms with E-state index in [1.54, 1.807) is 4.68 Å². The van der Waals surface area contributed by atoms with E-state index in [-0.39, 0.29) is 5.91 Å². The van der Waals surface area contributed by atoms with Gasteiger partial charge in [-0.05, 0) is 56.2 Å². The summed E-state index contributed by atoms with van der Waals surface area (Å²) in [5.74, 6) is 0.545. The highest BCUT2D eigenvalue weighted by Crippen LogP contribution is 2.15. The van der Waals surface area contributed by atoms with E-state index in [1.165, 1.54) is 0 Å². The molecule has 1 N–H and O–H groups in total. The molecule has 1 amide bonds. The maximum atomic E-state index is 12.5. The lowest BCUT2D eigenvalue weighted by Crippen LogP contribution is -2.24. The molecule has 0 fully saturated rings. The summed E-state index contributed by atoms with van der Waals surface area (Å²) >= 11 is 0. The Balaban J connectivity index is 1.72. The second kappa shape index (κ2) is 7.82. The first-order chi connectivity index (χ1) is 12.6. The Morgan fingerprint density at radius 2 is 1.96 bits per heavy atom. The van der Waals surface area contributed by atoms with Crippen LogP contribution in [0.4, 0.5) is 0 Å². The number of ether oxygens (including phenoxy) is 1.